The van der Waals surface area contributed by atoms with E-state index in [1.54, 1.807) is 29.2 Å². The lowest BCUT2D eigenvalue weighted by molar-refractivity contribution is 0.0145. The molecule has 2 aliphatic rings. The van der Waals surface area contributed by atoms with Crippen LogP contribution >= 0.6 is 0 Å². The number of amides is 1. The molecule has 1 aromatic heterocycles. The first-order valence-electron chi connectivity index (χ1n) is 14.9. The first kappa shape index (κ1) is 31.0. The van der Waals surface area contributed by atoms with Gasteiger partial charge < -0.3 is 24.2 Å². The van der Waals surface area contributed by atoms with Crippen LogP contribution in [-0.4, -0.2) is 83.4 Å². The predicted octanol–water partition coefficient (Wildman–Crippen LogP) is 5.43. The number of carbonyl (C=O) groups excluding carboxylic acids is 1. The molecule has 2 unspecified atom stereocenters. The molecule has 0 saturated carbocycles. The zero-order valence-electron chi connectivity index (χ0n) is 25.9. The first-order valence-corrected chi connectivity index (χ1v) is 14.9. The zero-order valence-corrected chi connectivity index (χ0v) is 25.9. The van der Waals surface area contributed by atoms with Gasteiger partial charge in [0.2, 0.25) is 0 Å². The molecule has 5 rings (SSSR count). The Kier molecular flexibility index (Phi) is 8.89. The Morgan fingerprint density at radius 1 is 1.09 bits per heavy atom. The van der Waals surface area contributed by atoms with Crippen LogP contribution in [0.2, 0.25) is 0 Å². The van der Waals surface area contributed by atoms with E-state index >= 15 is 4.39 Å². The van der Waals surface area contributed by atoms with Gasteiger partial charge in [-0.2, -0.15) is 20.5 Å². The van der Waals surface area contributed by atoms with Crippen LogP contribution in [0.5, 0.6) is 6.01 Å². The maximum Gasteiger partial charge on any atom is 0.410 e. The van der Waals surface area contributed by atoms with Gasteiger partial charge in [0.15, 0.2) is 0 Å². The van der Waals surface area contributed by atoms with Crippen LogP contribution in [0.15, 0.2) is 30.3 Å². The number of aromatic nitrogens is 2. The average Bonchev–Trinajstić information content (AvgIpc) is 3.39. The number of anilines is 1. The van der Waals surface area contributed by atoms with E-state index in [0.717, 1.165) is 24.9 Å². The van der Waals surface area contributed by atoms with Crippen molar-refractivity contribution in [2.24, 2.45) is 0 Å². The maximum atomic E-state index is 15.0. The largest absolute Gasteiger partial charge is 0.462 e. The molecule has 3 heterocycles. The van der Waals surface area contributed by atoms with Crippen LogP contribution < -0.4 is 9.64 Å². The highest BCUT2D eigenvalue weighted by molar-refractivity contribution is 5.95. The molecule has 1 amide bonds. The molecule has 2 aromatic carbocycles. The Morgan fingerprint density at radius 3 is 2.57 bits per heavy atom. The summed E-state index contributed by atoms with van der Waals surface area (Å²) in [6.45, 7) is 9.76. The molecule has 2 fully saturated rings. The lowest BCUT2D eigenvalue weighted by Crippen LogP contribution is -2.56. The van der Waals surface area contributed by atoms with Crippen molar-refractivity contribution in [1.82, 2.24) is 19.8 Å². The number of fused-ring (bicyclic) bond motifs is 1. The second-order valence-corrected chi connectivity index (χ2v) is 12.6. The second kappa shape index (κ2) is 12.6. The van der Waals surface area contributed by atoms with Crippen molar-refractivity contribution in [3.8, 4) is 29.3 Å². The van der Waals surface area contributed by atoms with Gasteiger partial charge in [-0.25, -0.2) is 9.18 Å². The summed E-state index contributed by atoms with van der Waals surface area (Å²) >= 11 is 0. The van der Waals surface area contributed by atoms with Gasteiger partial charge in [-0.3, -0.25) is 0 Å². The summed E-state index contributed by atoms with van der Waals surface area (Å²) in [5.41, 5.74) is 1.74. The van der Waals surface area contributed by atoms with Gasteiger partial charge in [-0.1, -0.05) is 11.6 Å². The van der Waals surface area contributed by atoms with Gasteiger partial charge in [0.25, 0.3) is 0 Å². The summed E-state index contributed by atoms with van der Waals surface area (Å²) in [5, 5.41) is 20.3. The number of likely N-dealkylation sites (N-methyl/N-ethyl adjacent to an activating group) is 1. The van der Waals surface area contributed by atoms with Crippen molar-refractivity contribution in [1.29, 1.82) is 10.5 Å². The number of carbonyl (C=O) groups is 1. The lowest BCUT2D eigenvalue weighted by atomic mass is 9.96. The van der Waals surface area contributed by atoms with Crippen molar-refractivity contribution in [2.75, 3.05) is 44.7 Å². The minimum atomic E-state index is -0.671. The average molecular weight is 600 g/mol. The minimum absolute atomic E-state index is 0.107. The van der Waals surface area contributed by atoms with E-state index in [4.69, 9.17) is 19.4 Å². The molecular formula is C33H38FN7O3. The van der Waals surface area contributed by atoms with E-state index in [1.807, 2.05) is 32.6 Å². The van der Waals surface area contributed by atoms with Gasteiger partial charge in [-0.15, -0.1) is 0 Å². The number of likely N-dealkylation sites (tertiary alicyclic amines) is 1. The number of halogens is 1. The normalized spacial score (nSPS) is 19.1. The van der Waals surface area contributed by atoms with Crippen LogP contribution in [0, 0.1) is 35.4 Å². The number of aryl methyl sites for hydroxylation is 1. The predicted molar refractivity (Wildman–Crippen MR) is 165 cm³/mol. The Labute approximate surface area is 257 Å². The van der Waals surface area contributed by atoms with Gasteiger partial charge in [0, 0.05) is 42.2 Å². The highest BCUT2D eigenvalue weighted by atomic mass is 19.1. The van der Waals surface area contributed by atoms with Crippen molar-refractivity contribution < 1.29 is 18.7 Å². The smallest absolute Gasteiger partial charge is 0.410 e. The fourth-order valence-corrected chi connectivity index (χ4v) is 5.85. The van der Waals surface area contributed by atoms with Crippen molar-refractivity contribution in [2.45, 2.75) is 64.6 Å². The molecule has 3 aromatic rings. The number of benzene rings is 2. The number of hydrogen-bond acceptors (Lipinski definition) is 9. The standard InChI is InChI=1S/C33H38FN7O3/c1-21-8-9-28(34)26(15-21)25-17-29-27(16-22(25)18-36)30(38-31(37-29)43-20-24-7-6-12-39(24)5)40-13-14-41(23(19-40)10-11-35)32(42)44-33(2,3)4/h8-9,15-17,23-24H,6-7,10,12-14,19-20H2,1-5H3. The van der Waals surface area contributed by atoms with Gasteiger partial charge in [-0.05, 0) is 78.4 Å². The minimum Gasteiger partial charge on any atom is -0.462 e. The van der Waals surface area contributed by atoms with Crippen molar-refractivity contribution >= 4 is 22.8 Å². The highest BCUT2D eigenvalue weighted by Crippen LogP contribution is 2.35. The summed E-state index contributed by atoms with van der Waals surface area (Å²) in [6.07, 6.45) is 1.75. The van der Waals surface area contributed by atoms with Crippen LogP contribution in [0.4, 0.5) is 15.0 Å². The van der Waals surface area contributed by atoms with Gasteiger partial charge in [0.05, 0.1) is 35.7 Å². The summed E-state index contributed by atoms with van der Waals surface area (Å²) in [4.78, 5) is 28.4. The van der Waals surface area contributed by atoms with E-state index in [1.165, 1.54) is 6.07 Å². The number of nitriles is 2. The third kappa shape index (κ3) is 6.68. The van der Waals surface area contributed by atoms with Crippen LogP contribution in [0.3, 0.4) is 0 Å². The maximum absolute atomic E-state index is 15.0. The molecule has 10 nitrogen and oxygen atoms in total. The van der Waals surface area contributed by atoms with E-state index in [-0.39, 0.29) is 24.0 Å². The topological polar surface area (TPSA) is 119 Å². The summed E-state index contributed by atoms with van der Waals surface area (Å²) in [6, 6.07) is 12.6. The van der Waals surface area contributed by atoms with Crippen molar-refractivity contribution in [3.63, 3.8) is 0 Å². The third-order valence-electron chi connectivity index (χ3n) is 8.14. The molecule has 0 spiro atoms. The number of piperazine rings is 1. The van der Waals surface area contributed by atoms with Gasteiger partial charge >= 0.3 is 12.1 Å². The van der Waals surface area contributed by atoms with Gasteiger partial charge in [0.1, 0.15) is 23.8 Å². The molecule has 11 heteroatoms. The summed E-state index contributed by atoms with van der Waals surface area (Å²) in [7, 11) is 2.07. The second-order valence-electron chi connectivity index (χ2n) is 12.6. The molecule has 2 atom stereocenters. The molecule has 2 saturated heterocycles. The molecule has 0 radical (unpaired) electrons. The molecule has 44 heavy (non-hydrogen) atoms. The molecule has 0 N–H and O–H groups in total. The number of rotatable bonds is 6. The number of nitrogens with zero attached hydrogens (tertiary/aromatic N) is 7. The monoisotopic (exact) mass is 599 g/mol. The number of hydrogen-bond donors (Lipinski definition) is 0. The van der Waals surface area contributed by atoms with E-state index in [2.05, 4.69) is 24.1 Å². The molecular weight excluding hydrogens is 561 g/mol. The Hall–Kier alpha value is -4.48. The lowest BCUT2D eigenvalue weighted by Gasteiger charge is -2.41. The Bertz CT molecular complexity index is 1640. The fraction of sp³-hybridized carbons (Fsp3) is 0.485. The zero-order chi connectivity index (χ0) is 31.6. The van der Waals surface area contributed by atoms with E-state index < -0.39 is 23.6 Å². The van der Waals surface area contributed by atoms with Crippen LogP contribution in [0.25, 0.3) is 22.0 Å². The fourth-order valence-electron chi connectivity index (χ4n) is 5.85. The summed E-state index contributed by atoms with van der Waals surface area (Å²) < 4.78 is 26.8. The molecule has 0 aliphatic carbocycles. The Morgan fingerprint density at radius 2 is 1.89 bits per heavy atom. The van der Waals surface area contributed by atoms with E-state index in [9.17, 15) is 15.3 Å². The third-order valence-corrected chi connectivity index (χ3v) is 8.14. The van der Waals surface area contributed by atoms with Crippen LogP contribution in [0.1, 0.15) is 51.2 Å². The quantitative estimate of drug-likeness (QED) is 0.365. The SMILES string of the molecule is Cc1ccc(F)c(-c2cc3nc(OCC4CCCN4C)nc(N4CCN(C(=O)OC(C)(C)C)C(CC#N)C4)c3cc2C#N)c1. The highest BCUT2D eigenvalue weighted by Gasteiger charge is 2.35. The van der Waals surface area contributed by atoms with Crippen LogP contribution in [-0.2, 0) is 4.74 Å². The molecule has 0 bridgehead atoms. The Balaban J connectivity index is 1.57. The summed E-state index contributed by atoms with van der Waals surface area (Å²) in [5.74, 6) is 0.100. The number of ether oxygens (including phenoxy) is 2. The van der Waals surface area contributed by atoms with E-state index in [0.29, 0.717) is 54.1 Å². The van der Waals surface area contributed by atoms with Crippen molar-refractivity contribution in [3.05, 3.63) is 47.3 Å². The molecule has 2 aliphatic heterocycles. The molecule has 230 valence electrons. The first-order chi connectivity index (χ1) is 21.0.